The van der Waals surface area contributed by atoms with Gasteiger partial charge in [0.15, 0.2) is 15.9 Å². The zero-order chi connectivity index (χ0) is 22.7. The molecule has 4 rings (SSSR count). The predicted molar refractivity (Wildman–Crippen MR) is 104 cm³/mol. The predicted octanol–water partition coefficient (Wildman–Crippen LogP) is 2.65. The molecule has 2 aliphatic heterocycles. The van der Waals surface area contributed by atoms with Crippen LogP contribution < -0.4 is 9.47 Å². The number of pyridine rings is 1. The Morgan fingerprint density at radius 3 is 2.23 bits per heavy atom. The fraction of sp³-hybridized carbons (Fsp3) is 0.450. The Balaban J connectivity index is 0.000000293. The standard InChI is InChI=1S/C19H23N2O2.CHF3O3S/c1-20-11-6-5-9-18(20)21-12-10-19(22-13-14-23-19)15-17(21)16-7-3-2-4-8-16;2-1(3,4)8(5,6)7/h2-9,11,17H,10,12-15H2,1H3;(H,5,6,7)/q+1;/p-1. The lowest BCUT2D eigenvalue weighted by molar-refractivity contribution is -0.659. The van der Waals surface area contributed by atoms with Gasteiger partial charge in [0.1, 0.15) is 6.04 Å². The van der Waals surface area contributed by atoms with Gasteiger partial charge in [-0.25, -0.2) is 13.0 Å². The zero-order valence-corrected chi connectivity index (χ0v) is 17.6. The molecule has 11 heteroatoms. The smallest absolute Gasteiger partial charge is 0.485 e. The molecule has 0 bridgehead atoms. The molecule has 1 spiro atoms. The number of anilines is 1. The zero-order valence-electron chi connectivity index (χ0n) is 16.8. The van der Waals surface area contributed by atoms with Crippen LogP contribution in [-0.4, -0.2) is 44.0 Å². The number of aromatic nitrogens is 1. The van der Waals surface area contributed by atoms with E-state index in [9.17, 15) is 13.2 Å². The van der Waals surface area contributed by atoms with Crippen LogP contribution in [0, 0.1) is 0 Å². The minimum absolute atomic E-state index is 0.261. The summed E-state index contributed by atoms with van der Waals surface area (Å²) >= 11 is 0. The second kappa shape index (κ2) is 9.11. The molecule has 2 aromatic rings. The summed E-state index contributed by atoms with van der Waals surface area (Å²) in [7, 11) is -3.99. The molecule has 0 amide bonds. The molecule has 0 N–H and O–H groups in total. The summed E-state index contributed by atoms with van der Waals surface area (Å²) in [5.41, 5.74) is -4.33. The lowest BCUT2D eigenvalue weighted by Gasteiger charge is -2.40. The summed E-state index contributed by atoms with van der Waals surface area (Å²) in [6.45, 7) is 2.35. The van der Waals surface area contributed by atoms with Gasteiger partial charge in [-0.3, -0.25) is 4.90 Å². The largest absolute Gasteiger partial charge is 0.741 e. The maximum absolute atomic E-state index is 10.7. The Morgan fingerprint density at radius 2 is 1.68 bits per heavy atom. The lowest BCUT2D eigenvalue weighted by atomic mass is 9.90. The van der Waals surface area contributed by atoms with E-state index in [-0.39, 0.29) is 6.04 Å². The number of hydrogen-bond donors (Lipinski definition) is 0. The van der Waals surface area contributed by atoms with E-state index in [1.165, 1.54) is 11.4 Å². The van der Waals surface area contributed by atoms with Gasteiger partial charge in [-0.1, -0.05) is 36.4 Å². The maximum Gasteiger partial charge on any atom is 0.485 e. The molecule has 1 aromatic carbocycles. The van der Waals surface area contributed by atoms with Crippen molar-refractivity contribution in [2.45, 2.75) is 30.2 Å². The van der Waals surface area contributed by atoms with Gasteiger partial charge in [0.05, 0.1) is 33.0 Å². The van der Waals surface area contributed by atoms with Gasteiger partial charge >= 0.3 is 5.51 Å². The van der Waals surface area contributed by atoms with E-state index >= 15 is 0 Å². The van der Waals surface area contributed by atoms with E-state index in [1.807, 2.05) is 0 Å². The number of benzene rings is 1. The summed E-state index contributed by atoms with van der Waals surface area (Å²) in [5.74, 6) is 0.832. The first-order valence-corrected chi connectivity index (χ1v) is 11.0. The molecule has 31 heavy (non-hydrogen) atoms. The van der Waals surface area contributed by atoms with Crippen molar-refractivity contribution in [3.8, 4) is 0 Å². The van der Waals surface area contributed by atoms with Crippen LogP contribution in [0.4, 0.5) is 19.0 Å². The minimum atomic E-state index is -6.09. The second-order valence-electron chi connectivity index (χ2n) is 7.25. The third-order valence-corrected chi connectivity index (χ3v) is 5.78. The van der Waals surface area contributed by atoms with Crippen molar-refractivity contribution in [1.29, 1.82) is 0 Å². The van der Waals surface area contributed by atoms with Gasteiger partial charge in [0.2, 0.25) is 0 Å². The Bertz CT molecular complexity index is 980. The third-order valence-electron chi connectivity index (χ3n) is 5.22. The normalized spacial score (nSPS) is 20.9. The van der Waals surface area contributed by atoms with Crippen molar-refractivity contribution in [3.63, 3.8) is 0 Å². The van der Waals surface area contributed by atoms with Gasteiger partial charge in [-0.15, -0.1) is 0 Å². The molecule has 7 nitrogen and oxygen atoms in total. The third kappa shape index (κ3) is 5.53. The van der Waals surface area contributed by atoms with Gasteiger partial charge in [-0.05, 0) is 11.6 Å². The first-order valence-electron chi connectivity index (χ1n) is 9.59. The highest BCUT2D eigenvalue weighted by Gasteiger charge is 2.48. The molecule has 0 aliphatic carbocycles. The SMILES string of the molecule is C[n+]1ccccc1N1CCC2(CC1c1ccccc1)OCCO2.O=S(=O)([O-])C(F)(F)F. The van der Waals surface area contributed by atoms with Crippen molar-refractivity contribution in [2.24, 2.45) is 7.05 Å². The van der Waals surface area contributed by atoms with Crippen LogP contribution in [0.3, 0.4) is 0 Å². The Morgan fingerprint density at radius 1 is 1.10 bits per heavy atom. The molecule has 2 aliphatic rings. The summed E-state index contributed by atoms with van der Waals surface area (Å²) in [6.07, 6.45) is 3.88. The van der Waals surface area contributed by atoms with Crippen molar-refractivity contribution < 1.29 is 40.2 Å². The van der Waals surface area contributed by atoms with E-state index in [1.54, 1.807) is 0 Å². The monoisotopic (exact) mass is 460 g/mol. The van der Waals surface area contributed by atoms with Gasteiger partial charge < -0.3 is 14.0 Å². The van der Waals surface area contributed by atoms with Crippen molar-refractivity contribution in [1.82, 2.24) is 0 Å². The van der Waals surface area contributed by atoms with E-state index in [0.29, 0.717) is 13.2 Å². The van der Waals surface area contributed by atoms with E-state index < -0.39 is 21.4 Å². The average Bonchev–Trinajstić information content (AvgIpc) is 3.16. The summed E-state index contributed by atoms with van der Waals surface area (Å²) in [6, 6.07) is 17.3. The minimum Gasteiger partial charge on any atom is -0.741 e. The molecule has 170 valence electrons. The quantitative estimate of drug-likeness (QED) is 0.389. The molecule has 2 saturated heterocycles. The molecule has 0 radical (unpaired) electrons. The first kappa shape index (κ1) is 23.5. The highest BCUT2D eigenvalue weighted by Crippen LogP contribution is 2.42. The second-order valence-corrected chi connectivity index (χ2v) is 8.62. The fourth-order valence-corrected chi connectivity index (χ4v) is 3.77. The van der Waals surface area contributed by atoms with Crippen molar-refractivity contribution in [3.05, 3.63) is 60.3 Å². The van der Waals surface area contributed by atoms with Crippen LogP contribution in [0.1, 0.15) is 24.4 Å². The molecule has 0 saturated carbocycles. The summed E-state index contributed by atoms with van der Waals surface area (Å²) in [5, 5.41) is 0. The lowest BCUT2D eigenvalue weighted by Crippen LogP contribution is -2.50. The first-order chi connectivity index (χ1) is 14.5. The summed E-state index contributed by atoms with van der Waals surface area (Å²) in [4.78, 5) is 2.48. The molecular weight excluding hydrogens is 437 g/mol. The number of hydrogen-bond acceptors (Lipinski definition) is 6. The van der Waals surface area contributed by atoms with E-state index in [0.717, 1.165) is 19.4 Å². The van der Waals surface area contributed by atoms with Crippen molar-refractivity contribution >= 4 is 15.9 Å². The van der Waals surface area contributed by atoms with Crippen LogP contribution in [-0.2, 0) is 26.6 Å². The topological polar surface area (TPSA) is 82.8 Å². The molecule has 3 heterocycles. The Hall–Kier alpha value is -2.21. The van der Waals surface area contributed by atoms with Crippen molar-refractivity contribution in [2.75, 3.05) is 24.7 Å². The van der Waals surface area contributed by atoms with E-state index in [2.05, 4.69) is 71.2 Å². The molecule has 2 fully saturated rings. The van der Waals surface area contributed by atoms with Gasteiger partial charge in [0, 0.05) is 18.9 Å². The number of rotatable bonds is 2. The van der Waals surface area contributed by atoms with Crippen LogP contribution in [0.25, 0.3) is 0 Å². The number of nitrogens with zero attached hydrogens (tertiary/aromatic N) is 2. The maximum atomic E-state index is 10.7. The number of aryl methyl sites for hydroxylation is 1. The van der Waals surface area contributed by atoms with Gasteiger partial charge in [0.25, 0.3) is 5.82 Å². The van der Waals surface area contributed by atoms with Crippen LogP contribution in [0.5, 0.6) is 0 Å². The molecule has 1 unspecified atom stereocenters. The number of halogens is 3. The van der Waals surface area contributed by atoms with E-state index in [4.69, 9.17) is 22.4 Å². The Labute approximate surface area is 178 Å². The molecular formula is C20H23F3N2O5S. The highest BCUT2D eigenvalue weighted by atomic mass is 32.2. The number of piperidine rings is 1. The fourth-order valence-electron chi connectivity index (χ4n) is 3.77. The Kier molecular flexibility index (Phi) is 6.89. The number of ether oxygens (including phenoxy) is 2. The summed E-state index contributed by atoms with van der Waals surface area (Å²) < 4.78 is 73.1. The van der Waals surface area contributed by atoms with Crippen LogP contribution >= 0.6 is 0 Å². The molecule has 1 aromatic heterocycles. The van der Waals surface area contributed by atoms with Crippen LogP contribution in [0.15, 0.2) is 54.7 Å². The van der Waals surface area contributed by atoms with Crippen LogP contribution in [0.2, 0.25) is 0 Å². The van der Waals surface area contributed by atoms with Gasteiger partial charge in [-0.2, -0.15) is 13.2 Å². The highest BCUT2D eigenvalue weighted by molar-refractivity contribution is 7.86. The average molecular weight is 460 g/mol. The number of alkyl halides is 3. The molecule has 1 atom stereocenters.